The maximum absolute atomic E-state index is 10.5. The third-order valence-electron chi connectivity index (χ3n) is 2.11. The average Bonchev–Trinajstić information content (AvgIpc) is 2.65. The molecule has 0 aromatic rings. The summed E-state index contributed by atoms with van der Waals surface area (Å²) in [6, 6.07) is -0.136. The minimum Gasteiger partial charge on any atom is -0.297 e. The van der Waals surface area contributed by atoms with Gasteiger partial charge >= 0.3 is 5.91 Å². The van der Waals surface area contributed by atoms with E-state index < -0.39 is 5.91 Å². The fourth-order valence-electron chi connectivity index (χ4n) is 1.40. The SMILES string of the molecule is O=NC(=O)/C=C/CN1CC[C@@H](N=O)C1. The van der Waals surface area contributed by atoms with Gasteiger partial charge in [-0.15, -0.1) is 4.91 Å². The molecule has 1 heterocycles. The molecule has 0 aliphatic carbocycles. The molecule has 0 bridgehead atoms. The van der Waals surface area contributed by atoms with Crippen molar-refractivity contribution in [3.63, 3.8) is 0 Å². The van der Waals surface area contributed by atoms with Crippen LogP contribution in [-0.4, -0.2) is 36.5 Å². The van der Waals surface area contributed by atoms with Gasteiger partial charge in [-0.2, -0.15) is 4.91 Å². The van der Waals surface area contributed by atoms with Crippen molar-refractivity contribution in [3.05, 3.63) is 22.0 Å². The normalized spacial score (nSPS) is 22.7. The fourth-order valence-corrected chi connectivity index (χ4v) is 1.40. The highest BCUT2D eigenvalue weighted by Crippen LogP contribution is 2.11. The van der Waals surface area contributed by atoms with Crippen LogP contribution in [0.3, 0.4) is 0 Å². The number of carbonyl (C=O) groups excluding carboxylic acids is 1. The zero-order valence-electron chi connectivity index (χ0n) is 7.63. The van der Waals surface area contributed by atoms with Crippen LogP contribution in [0.15, 0.2) is 22.5 Å². The first kappa shape index (κ1) is 10.6. The molecule has 0 N–H and O–H groups in total. The van der Waals surface area contributed by atoms with Gasteiger partial charge in [-0.3, -0.25) is 9.69 Å². The van der Waals surface area contributed by atoms with Crippen molar-refractivity contribution in [1.29, 1.82) is 0 Å². The highest BCUT2D eigenvalue weighted by molar-refractivity contribution is 5.88. The highest BCUT2D eigenvalue weighted by Gasteiger charge is 2.21. The second-order valence-corrected chi connectivity index (χ2v) is 3.14. The van der Waals surface area contributed by atoms with Crippen LogP contribution >= 0.6 is 0 Å². The molecular formula is C8H11N3O3. The smallest absolute Gasteiger partial charge is 0.297 e. The summed E-state index contributed by atoms with van der Waals surface area (Å²) in [5.41, 5.74) is 0. The Bertz CT molecular complexity index is 265. The van der Waals surface area contributed by atoms with Crippen LogP contribution in [0.2, 0.25) is 0 Å². The zero-order chi connectivity index (χ0) is 10.4. The second kappa shape index (κ2) is 5.33. The lowest BCUT2D eigenvalue weighted by Crippen LogP contribution is -2.21. The van der Waals surface area contributed by atoms with Crippen LogP contribution in [0, 0.1) is 9.81 Å². The van der Waals surface area contributed by atoms with Crippen molar-refractivity contribution < 1.29 is 4.79 Å². The molecule has 76 valence electrons. The summed E-state index contributed by atoms with van der Waals surface area (Å²) in [4.78, 5) is 32.3. The van der Waals surface area contributed by atoms with Crippen molar-refractivity contribution in [2.45, 2.75) is 12.5 Å². The van der Waals surface area contributed by atoms with Crippen molar-refractivity contribution in [2.24, 2.45) is 10.4 Å². The van der Waals surface area contributed by atoms with Gasteiger partial charge in [0, 0.05) is 30.9 Å². The monoisotopic (exact) mass is 197 g/mol. The van der Waals surface area contributed by atoms with Crippen molar-refractivity contribution in [1.82, 2.24) is 4.90 Å². The predicted octanol–water partition coefficient (Wildman–Crippen LogP) is 0.676. The van der Waals surface area contributed by atoms with E-state index in [2.05, 4.69) is 10.4 Å². The highest BCUT2D eigenvalue weighted by atomic mass is 16.3. The first-order chi connectivity index (χ1) is 6.76. The number of hydrogen-bond acceptors (Lipinski definition) is 5. The van der Waals surface area contributed by atoms with Gasteiger partial charge in [0.2, 0.25) is 0 Å². The minimum absolute atomic E-state index is 0.136. The molecule has 1 aliphatic heterocycles. The van der Waals surface area contributed by atoms with Crippen LogP contribution < -0.4 is 0 Å². The molecule has 0 aromatic heterocycles. The molecule has 1 saturated heterocycles. The van der Waals surface area contributed by atoms with Gasteiger partial charge in [0.15, 0.2) is 0 Å². The summed E-state index contributed by atoms with van der Waals surface area (Å²) >= 11 is 0. The molecule has 1 atom stereocenters. The molecule has 1 amide bonds. The van der Waals surface area contributed by atoms with Crippen LogP contribution in [0.1, 0.15) is 6.42 Å². The van der Waals surface area contributed by atoms with Gasteiger partial charge < -0.3 is 0 Å². The summed E-state index contributed by atoms with van der Waals surface area (Å²) < 4.78 is 0. The lowest BCUT2D eigenvalue weighted by atomic mass is 10.3. The minimum atomic E-state index is -0.783. The van der Waals surface area contributed by atoms with E-state index in [4.69, 9.17) is 0 Å². The van der Waals surface area contributed by atoms with Crippen molar-refractivity contribution in [3.8, 4) is 0 Å². The summed E-state index contributed by atoms with van der Waals surface area (Å²) in [5, 5.41) is 5.17. The molecule has 0 unspecified atom stereocenters. The number of amides is 1. The second-order valence-electron chi connectivity index (χ2n) is 3.14. The summed E-state index contributed by atoms with van der Waals surface area (Å²) in [6.07, 6.45) is 3.46. The summed E-state index contributed by atoms with van der Waals surface area (Å²) in [6.45, 7) is 1.97. The summed E-state index contributed by atoms with van der Waals surface area (Å²) in [7, 11) is 0. The van der Waals surface area contributed by atoms with Gasteiger partial charge in [-0.1, -0.05) is 11.3 Å². The maximum atomic E-state index is 10.5. The number of likely N-dealkylation sites (tertiary alicyclic amines) is 1. The quantitative estimate of drug-likeness (QED) is 0.490. The molecule has 1 fully saturated rings. The Hall–Kier alpha value is -1.43. The Morgan fingerprint density at radius 3 is 2.86 bits per heavy atom. The third kappa shape index (κ3) is 3.14. The van der Waals surface area contributed by atoms with Gasteiger partial charge in [-0.05, 0) is 6.42 Å². The maximum Gasteiger partial charge on any atom is 0.309 e. The third-order valence-corrected chi connectivity index (χ3v) is 2.11. The van der Waals surface area contributed by atoms with Crippen molar-refractivity contribution >= 4 is 5.91 Å². The zero-order valence-corrected chi connectivity index (χ0v) is 7.63. The van der Waals surface area contributed by atoms with E-state index in [1.54, 1.807) is 6.08 Å². The molecule has 6 nitrogen and oxygen atoms in total. The van der Waals surface area contributed by atoms with Gasteiger partial charge in [0.1, 0.15) is 6.04 Å². The molecule has 0 saturated carbocycles. The average molecular weight is 197 g/mol. The van der Waals surface area contributed by atoms with E-state index in [0.717, 1.165) is 19.0 Å². The van der Waals surface area contributed by atoms with Gasteiger partial charge in [0.25, 0.3) is 0 Å². The van der Waals surface area contributed by atoms with E-state index in [9.17, 15) is 14.6 Å². The van der Waals surface area contributed by atoms with E-state index in [1.807, 2.05) is 4.90 Å². The van der Waals surface area contributed by atoms with E-state index in [0.29, 0.717) is 13.1 Å². The Kier molecular flexibility index (Phi) is 4.06. The van der Waals surface area contributed by atoms with E-state index >= 15 is 0 Å². The van der Waals surface area contributed by atoms with Crippen molar-refractivity contribution in [2.75, 3.05) is 19.6 Å². The number of nitrogens with zero attached hydrogens (tertiary/aromatic N) is 3. The molecular weight excluding hydrogens is 186 g/mol. The standard InChI is InChI=1S/C8H11N3O3/c12-8(10-14)2-1-4-11-5-3-7(6-11)9-13/h1-2,7H,3-6H2/b2-1+/t7-/m1/s1. The predicted molar refractivity (Wildman–Crippen MR) is 50.6 cm³/mol. The molecule has 6 heteroatoms. The number of rotatable bonds is 4. The largest absolute Gasteiger partial charge is 0.309 e. The number of hydrogen-bond donors (Lipinski definition) is 0. The Balaban J connectivity index is 2.26. The molecule has 1 aliphatic rings. The fraction of sp³-hybridized carbons (Fsp3) is 0.625. The Morgan fingerprint density at radius 2 is 2.29 bits per heavy atom. The van der Waals surface area contributed by atoms with Crippen LogP contribution in [0.25, 0.3) is 0 Å². The number of carbonyl (C=O) groups is 1. The lowest BCUT2D eigenvalue weighted by molar-refractivity contribution is -0.113. The number of nitroso groups, excluding NO2 is 2. The van der Waals surface area contributed by atoms with Gasteiger partial charge in [0.05, 0.1) is 0 Å². The molecule has 0 aromatic carbocycles. The topological polar surface area (TPSA) is 79.2 Å². The van der Waals surface area contributed by atoms with Gasteiger partial charge in [-0.25, -0.2) is 0 Å². The Labute approximate surface area is 80.9 Å². The first-order valence-corrected chi connectivity index (χ1v) is 4.35. The van der Waals surface area contributed by atoms with Crippen LogP contribution in [0.4, 0.5) is 0 Å². The molecule has 0 spiro atoms. The first-order valence-electron chi connectivity index (χ1n) is 4.35. The van der Waals surface area contributed by atoms with Crippen LogP contribution in [0.5, 0.6) is 0 Å². The Morgan fingerprint density at radius 1 is 1.50 bits per heavy atom. The lowest BCUT2D eigenvalue weighted by Gasteiger charge is -2.10. The van der Waals surface area contributed by atoms with E-state index in [1.165, 1.54) is 0 Å². The molecule has 1 rings (SSSR count). The molecule has 14 heavy (non-hydrogen) atoms. The summed E-state index contributed by atoms with van der Waals surface area (Å²) in [5.74, 6) is -0.783. The van der Waals surface area contributed by atoms with Crippen LogP contribution in [-0.2, 0) is 4.79 Å². The van der Waals surface area contributed by atoms with E-state index in [-0.39, 0.29) is 6.04 Å². The molecule has 0 radical (unpaired) electrons.